The van der Waals surface area contributed by atoms with Crippen molar-refractivity contribution in [2.24, 2.45) is 5.92 Å². The third-order valence-corrected chi connectivity index (χ3v) is 5.18. The van der Waals surface area contributed by atoms with Gasteiger partial charge in [0.15, 0.2) is 0 Å². The molecule has 1 fully saturated rings. The molecule has 0 saturated carbocycles. The van der Waals surface area contributed by atoms with E-state index in [1.807, 2.05) is 0 Å². The lowest BCUT2D eigenvalue weighted by atomic mass is 10.0. The summed E-state index contributed by atoms with van der Waals surface area (Å²) < 4.78 is 30.2. The Labute approximate surface area is 124 Å². The first-order chi connectivity index (χ1) is 9.88. The van der Waals surface area contributed by atoms with Gasteiger partial charge < -0.3 is 9.67 Å². The number of nitrogens with zero attached hydrogens (tertiary/aromatic N) is 3. The molecule has 1 aromatic heterocycles. The van der Waals surface area contributed by atoms with Crippen molar-refractivity contribution < 1.29 is 18.3 Å². The van der Waals surface area contributed by atoms with Gasteiger partial charge in [-0.05, 0) is 19.8 Å². The molecule has 1 aliphatic heterocycles. The van der Waals surface area contributed by atoms with Gasteiger partial charge in [0.25, 0.3) is 10.2 Å². The summed E-state index contributed by atoms with van der Waals surface area (Å²) in [6, 6.07) is -0.311. The van der Waals surface area contributed by atoms with E-state index in [0.717, 1.165) is 0 Å². The number of carboxylic acid groups (broad SMARTS) is 1. The maximum absolute atomic E-state index is 12.3. The second-order valence-corrected chi connectivity index (χ2v) is 7.02. The Balaban J connectivity index is 1.95. The van der Waals surface area contributed by atoms with Gasteiger partial charge in [-0.15, -0.1) is 0 Å². The predicted octanol–water partition coefficient (Wildman–Crippen LogP) is -0.0974. The van der Waals surface area contributed by atoms with Gasteiger partial charge in [0, 0.05) is 38.1 Å². The summed E-state index contributed by atoms with van der Waals surface area (Å²) in [5, 5.41) is 9.02. The topological polar surface area (TPSA) is 105 Å². The summed E-state index contributed by atoms with van der Waals surface area (Å²) in [7, 11) is -3.67. The molecule has 9 heteroatoms. The minimum atomic E-state index is -3.67. The van der Waals surface area contributed by atoms with E-state index in [4.69, 9.17) is 5.11 Å². The number of aromatic nitrogens is 2. The maximum atomic E-state index is 12.3. The van der Waals surface area contributed by atoms with Crippen molar-refractivity contribution >= 4 is 16.2 Å². The highest BCUT2D eigenvalue weighted by Crippen LogP contribution is 2.19. The molecule has 2 N–H and O–H groups in total. The molecule has 21 heavy (non-hydrogen) atoms. The molecule has 0 spiro atoms. The second kappa shape index (κ2) is 6.54. The van der Waals surface area contributed by atoms with Gasteiger partial charge in [0.2, 0.25) is 0 Å². The first-order valence-electron chi connectivity index (χ1n) is 6.84. The van der Waals surface area contributed by atoms with E-state index in [-0.39, 0.29) is 12.6 Å². The van der Waals surface area contributed by atoms with Crippen molar-refractivity contribution in [1.29, 1.82) is 0 Å². The first kappa shape index (κ1) is 15.9. The molecule has 0 bridgehead atoms. The number of carbonyl (C=O) groups is 1. The zero-order valence-corrected chi connectivity index (χ0v) is 12.7. The monoisotopic (exact) mass is 316 g/mol. The molecule has 0 amide bonds. The average molecular weight is 316 g/mol. The molecule has 2 atom stereocenters. The number of nitrogens with one attached hydrogen (secondary N) is 1. The van der Waals surface area contributed by atoms with Gasteiger partial charge in [-0.3, -0.25) is 4.79 Å². The van der Waals surface area contributed by atoms with E-state index in [1.54, 1.807) is 30.2 Å². The molecule has 0 radical (unpaired) electrons. The Morgan fingerprint density at radius 3 is 2.95 bits per heavy atom. The zero-order chi connectivity index (χ0) is 15.5. The fraction of sp³-hybridized carbons (Fsp3) is 0.667. The summed E-state index contributed by atoms with van der Waals surface area (Å²) in [6.07, 6.45) is 6.08. The lowest BCUT2D eigenvalue weighted by Crippen LogP contribution is -2.50. The number of aliphatic carboxylic acids is 1. The molecule has 0 aromatic carbocycles. The van der Waals surface area contributed by atoms with E-state index in [1.165, 1.54) is 4.31 Å². The summed E-state index contributed by atoms with van der Waals surface area (Å²) in [4.78, 5) is 14.9. The Morgan fingerprint density at radius 2 is 2.33 bits per heavy atom. The number of rotatable bonds is 6. The van der Waals surface area contributed by atoms with Crippen LogP contribution in [0.2, 0.25) is 0 Å². The van der Waals surface area contributed by atoms with Crippen LogP contribution in [-0.4, -0.2) is 52.5 Å². The smallest absolute Gasteiger partial charge is 0.307 e. The van der Waals surface area contributed by atoms with Crippen molar-refractivity contribution in [3.63, 3.8) is 0 Å². The largest absolute Gasteiger partial charge is 0.481 e. The summed E-state index contributed by atoms with van der Waals surface area (Å²) in [6.45, 7) is 2.62. The number of piperidine rings is 1. The van der Waals surface area contributed by atoms with Crippen LogP contribution in [0.25, 0.3) is 0 Å². The van der Waals surface area contributed by atoms with Crippen LogP contribution in [0, 0.1) is 5.92 Å². The summed E-state index contributed by atoms with van der Waals surface area (Å²) in [5.74, 6) is -1.57. The van der Waals surface area contributed by atoms with E-state index >= 15 is 0 Å². The lowest BCUT2D eigenvalue weighted by molar-refractivity contribution is -0.142. The third kappa shape index (κ3) is 4.26. The minimum absolute atomic E-state index is 0.0302. The molecule has 2 unspecified atom stereocenters. The van der Waals surface area contributed by atoms with Crippen molar-refractivity contribution in [3.05, 3.63) is 18.7 Å². The predicted molar refractivity (Wildman–Crippen MR) is 75.7 cm³/mol. The van der Waals surface area contributed by atoms with Crippen molar-refractivity contribution in [2.45, 2.75) is 32.4 Å². The van der Waals surface area contributed by atoms with Gasteiger partial charge in [0.1, 0.15) is 0 Å². The molecule has 118 valence electrons. The quantitative estimate of drug-likeness (QED) is 0.763. The number of hydrogen-bond acceptors (Lipinski definition) is 4. The molecule has 1 saturated heterocycles. The maximum Gasteiger partial charge on any atom is 0.307 e. The zero-order valence-electron chi connectivity index (χ0n) is 11.8. The third-order valence-electron chi connectivity index (χ3n) is 3.47. The normalized spacial score (nSPS) is 22.0. The van der Waals surface area contributed by atoms with Crippen LogP contribution < -0.4 is 4.72 Å². The highest BCUT2D eigenvalue weighted by Gasteiger charge is 2.32. The number of carboxylic acids is 1. The molecule has 8 nitrogen and oxygen atoms in total. The fourth-order valence-corrected chi connectivity index (χ4v) is 3.92. The molecular formula is C12H20N4O4S. The van der Waals surface area contributed by atoms with E-state index in [0.29, 0.717) is 25.9 Å². The van der Waals surface area contributed by atoms with Crippen LogP contribution >= 0.6 is 0 Å². The average Bonchev–Trinajstić information content (AvgIpc) is 2.91. The molecule has 1 aliphatic rings. The van der Waals surface area contributed by atoms with E-state index in [2.05, 4.69) is 9.71 Å². The highest BCUT2D eigenvalue weighted by atomic mass is 32.2. The Kier molecular flexibility index (Phi) is 4.96. The molecule has 1 aromatic rings. The van der Waals surface area contributed by atoms with Crippen molar-refractivity contribution in [1.82, 2.24) is 18.6 Å². The lowest BCUT2D eigenvalue weighted by Gasteiger charge is -2.30. The molecule has 2 heterocycles. The van der Waals surface area contributed by atoms with Crippen LogP contribution in [0.3, 0.4) is 0 Å². The van der Waals surface area contributed by atoms with Crippen LogP contribution in [0.1, 0.15) is 19.8 Å². The summed E-state index contributed by atoms with van der Waals surface area (Å²) >= 11 is 0. The summed E-state index contributed by atoms with van der Waals surface area (Å²) in [5.41, 5.74) is 0. The van der Waals surface area contributed by atoms with Crippen LogP contribution in [0.4, 0.5) is 0 Å². The van der Waals surface area contributed by atoms with Gasteiger partial charge in [-0.1, -0.05) is 0 Å². The Morgan fingerprint density at radius 1 is 1.57 bits per heavy atom. The number of hydrogen-bond donors (Lipinski definition) is 2. The Bertz CT molecular complexity index is 572. The van der Waals surface area contributed by atoms with Crippen molar-refractivity contribution in [2.75, 3.05) is 13.1 Å². The standard InChI is InChI=1S/C12H20N4O4S/c1-10(7-15-6-4-13-9-15)14-21(19,20)16-5-2-3-11(8-16)12(17)18/h4,6,9-11,14H,2-3,5,7-8H2,1H3,(H,17,18). The van der Waals surface area contributed by atoms with E-state index in [9.17, 15) is 13.2 Å². The SMILES string of the molecule is CC(Cn1ccnc1)NS(=O)(=O)N1CCCC(C(=O)O)C1. The van der Waals surface area contributed by atoms with Crippen LogP contribution in [0.15, 0.2) is 18.7 Å². The first-order valence-corrected chi connectivity index (χ1v) is 8.28. The molecule has 2 rings (SSSR count). The van der Waals surface area contributed by atoms with Gasteiger partial charge in [-0.25, -0.2) is 4.98 Å². The number of imidazole rings is 1. The fourth-order valence-electron chi connectivity index (χ4n) is 2.44. The second-order valence-electron chi connectivity index (χ2n) is 5.32. The van der Waals surface area contributed by atoms with Crippen LogP contribution in [-0.2, 0) is 21.5 Å². The molecule has 0 aliphatic carbocycles. The Hall–Kier alpha value is -1.45. The van der Waals surface area contributed by atoms with Crippen LogP contribution in [0.5, 0.6) is 0 Å². The molecular weight excluding hydrogens is 296 g/mol. The highest BCUT2D eigenvalue weighted by molar-refractivity contribution is 7.87. The van der Waals surface area contributed by atoms with Gasteiger partial charge in [-0.2, -0.15) is 17.4 Å². The van der Waals surface area contributed by atoms with E-state index < -0.39 is 22.1 Å². The minimum Gasteiger partial charge on any atom is -0.481 e. The van der Waals surface area contributed by atoms with Gasteiger partial charge in [0.05, 0.1) is 12.2 Å². The van der Waals surface area contributed by atoms with Crippen molar-refractivity contribution in [3.8, 4) is 0 Å². The van der Waals surface area contributed by atoms with Gasteiger partial charge >= 0.3 is 5.97 Å².